The SMILES string of the molecule is CC/C=C\C/C=C\C/C=C\C/C=C\CCCCCCCOCC(COP(=O)(O)OCCN)OC(=O)CC. The van der Waals surface area contributed by atoms with Gasteiger partial charge in [-0.3, -0.25) is 13.8 Å². The Bertz CT molecular complexity index is 707. The van der Waals surface area contributed by atoms with E-state index >= 15 is 0 Å². The molecule has 2 atom stereocenters. The maximum Gasteiger partial charge on any atom is 0.472 e. The zero-order chi connectivity index (χ0) is 27.5. The van der Waals surface area contributed by atoms with Crippen molar-refractivity contribution in [1.29, 1.82) is 0 Å². The van der Waals surface area contributed by atoms with E-state index in [2.05, 4.69) is 60.1 Å². The highest BCUT2D eigenvalue weighted by atomic mass is 31.2. The number of rotatable bonds is 25. The molecule has 2 unspecified atom stereocenters. The summed E-state index contributed by atoms with van der Waals surface area (Å²) in [4.78, 5) is 21.2. The van der Waals surface area contributed by atoms with Gasteiger partial charge in [0, 0.05) is 19.6 Å². The molecule has 0 aromatic heterocycles. The predicted molar refractivity (Wildman–Crippen MR) is 150 cm³/mol. The fourth-order valence-corrected chi connectivity index (χ4v) is 3.84. The van der Waals surface area contributed by atoms with Crippen molar-refractivity contribution >= 4 is 13.8 Å². The Morgan fingerprint density at radius 1 is 0.811 bits per heavy atom. The third-order valence-electron chi connectivity index (χ3n) is 5.06. The van der Waals surface area contributed by atoms with Crippen LogP contribution in [-0.2, 0) is 27.9 Å². The first-order chi connectivity index (χ1) is 17.9. The van der Waals surface area contributed by atoms with Gasteiger partial charge in [-0.05, 0) is 44.9 Å². The quantitative estimate of drug-likeness (QED) is 0.0575. The number of hydrogen-bond acceptors (Lipinski definition) is 7. The van der Waals surface area contributed by atoms with Crippen LogP contribution in [0.15, 0.2) is 48.6 Å². The highest BCUT2D eigenvalue weighted by Crippen LogP contribution is 2.43. The molecule has 3 N–H and O–H groups in total. The van der Waals surface area contributed by atoms with Crippen molar-refractivity contribution in [2.24, 2.45) is 5.73 Å². The van der Waals surface area contributed by atoms with Crippen LogP contribution in [0.2, 0.25) is 0 Å². The van der Waals surface area contributed by atoms with E-state index < -0.39 is 19.9 Å². The fraction of sp³-hybridized carbons (Fsp3) is 0.679. The Morgan fingerprint density at radius 3 is 2.03 bits per heavy atom. The Labute approximate surface area is 224 Å². The largest absolute Gasteiger partial charge is 0.472 e. The van der Waals surface area contributed by atoms with Gasteiger partial charge >= 0.3 is 13.8 Å². The second-order valence-corrected chi connectivity index (χ2v) is 9.94. The van der Waals surface area contributed by atoms with Gasteiger partial charge in [0.05, 0.1) is 19.8 Å². The van der Waals surface area contributed by atoms with E-state index in [1.807, 2.05) is 0 Å². The summed E-state index contributed by atoms with van der Waals surface area (Å²) < 4.78 is 32.2. The van der Waals surface area contributed by atoms with Crippen molar-refractivity contribution in [2.45, 2.75) is 90.6 Å². The molecule has 0 aliphatic rings. The summed E-state index contributed by atoms with van der Waals surface area (Å²) in [5, 5.41) is 0. The minimum absolute atomic E-state index is 0.0917. The number of ether oxygens (including phenoxy) is 2. The van der Waals surface area contributed by atoms with Crippen molar-refractivity contribution in [3.05, 3.63) is 48.6 Å². The van der Waals surface area contributed by atoms with Crippen molar-refractivity contribution in [3.63, 3.8) is 0 Å². The van der Waals surface area contributed by atoms with Crippen molar-refractivity contribution in [2.75, 3.05) is 33.0 Å². The van der Waals surface area contributed by atoms with E-state index in [4.69, 9.17) is 19.7 Å². The van der Waals surface area contributed by atoms with Crippen LogP contribution in [0, 0.1) is 0 Å². The third kappa shape index (κ3) is 25.9. The molecule has 0 amide bonds. The van der Waals surface area contributed by atoms with Crippen LogP contribution in [0.5, 0.6) is 0 Å². The number of esters is 1. The summed E-state index contributed by atoms with van der Waals surface area (Å²) >= 11 is 0. The molecule has 0 radical (unpaired) electrons. The first kappa shape index (κ1) is 35.5. The number of carbonyl (C=O) groups is 1. The molecule has 0 heterocycles. The second-order valence-electron chi connectivity index (χ2n) is 8.48. The number of carbonyl (C=O) groups excluding carboxylic acids is 1. The molecule has 0 spiro atoms. The van der Waals surface area contributed by atoms with Crippen LogP contribution in [0.25, 0.3) is 0 Å². The molecule has 0 aromatic rings. The van der Waals surface area contributed by atoms with Gasteiger partial charge in [0.25, 0.3) is 0 Å². The fourth-order valence-electron chi connectivity index (χ4n) is 3.08. The van der Waals surface area contributed by atoms with Gasteiger partial charge in [-0.2, -0.15) is 0 Å². The van der Waals surface area contributed by atoms with Crippen molar-refractivity contribution < 1.29 is 32.8 Å². The van der Waals surface area contributed by atoms with E-state index in [1.165, 1.54) is 12.8 Å². The molecule has 0 saturated heterocycles. The molecule has 0 rings (SSSR count). The van der Waals surface area contributed by atoms with Crippen LogP contribution in [0.1, 0.15) is 84.5 Å². The van der Waals surface area contributed by atoms with E-state index in [-0.39, 0.29) is 32.8 Å². The Kier molecular flexibility index (Phi) is 25.0. The normalized spacial score (nSPS) is 14.8. The standard InChI is InChI=1S/C28H50NO7P/c1-3-5-6-7-8-9-10-11-12-13-14-15-16-17-18-19-20-21-23-33-25-27(36-28(30)4-2)26-35-37(31,32)34-24-22-29/h5-6,8-9,11-12,14-15,27H,3-4,7,10,13,16-26,29H2,1-2H3,(H,31,32)/b6-5-,9-8-,12-11-,15-14-. The molecule has 37 heavy (non-hydrogen) atoms. The van der Waals surface area contributed by atoms with Crippen LogP contribution in [0.3, 0.4) is 0 Å². The number of nitrogens with two attached hydrogens (primary N) is 1. The van der Waals surface area contributed by atoms with Gasteiger partial charge in [0.2, 0.25) is 0 Å². The minimum atomic E-state index is -4.23. The lowest BCUT2D eigenvalue weighted by Gasteiger charge is -2.19. The smallest absolute Gasteiger partial charge is 0.457 e. The molecule has 0 aliphatic heterocycles. The first-order valence-electron chi connectivity index (χ1n) is 13.6. The summed E-state index contributed by atoms with van der Waals surface area (Å²) in [7, 11) is -4.23. The highest BCUT2D eigenvalue weighted by molar-refractivity contribution is 7.47. The van der Waals surface area contributed by atoms with Gasteiger partial charge in [0.15, 0.2) is 0 Å². The van der Waals surface area contributed by atoms with Crippen LogP contribution >= 0.6 is 7.82 Å². The lowest BCUT2D eigenvalue weighted by molar-refractivity contribution is -0.154. The van der Waals surface area contributed by atoms with Gasteiger partial charge in [-0.1, -0.05) is 81.7 Å². The first-order valence-corrected chi connectivity index (χ1v) is 15.1. The zero-order valence-electron chi connectivity index (χ0n) is 22.9. The van der Waals surface area contributed by atoms with E-state index in [0.29, 0.717) is 6.61 Å². The lowest BCUT2D eigenvalue weighted by Crippen LogP contribution is -2.28. The summed E-state index contributed by atoms with van der Waals surface area (Å²) in [6.07, 6.45) is 27.7. The summed E-state index contributed by atoms with van der Waals surface area (Å²) in [5.41, 5.74) is 5.25. The predicted octanol–water partition coefficient (Wildman–Crippen LogP) is 6.56. The van der Waals surface area contributed by atoms with Gasteiger partial charge in [-0.25, -0.2) is 4.57 Å². The number of unbranched alkanes of at least 4 members (excludes halogenated alkanes) is 5. The number of phosphoric ester groups is 1. The van der Waals surface area contributed by atoms with Crippen LogP contribution in [-0.4, -0.2) is 49.9 Å². The minimum Gasteiger partial charge on any atom is -0.457 e. The maximum atomic E-state index is 11.8. The van der Waals surface area contributed by atoms with Crippen molar-refractivity contribution in [1.82, 2.24) is 0 Å². The third-order valence-corrected chi connectivity index (χ3v) is 6.05. The number of allylic oxidation sites excluding steroid dienone is 8. The molecule has 0 aliphatic carbocycles. The van der Waals surface area contributed by atoms with Gasteiger partial charge in [0.1, 0.15) is 6.10 Å². The molecular formula is C28H50NO7P. The van der Waals surface area contributed by atoms with E-state index in [9.17, 15) is 14.3 Å². The monoisotopic (exact) mass is 543 g/mol. The molecule has 0 saturated carbocycles. The van der Waals surface area contributed by atoms with Gasteiger partial charge in [-0.15, -0.1) is 0 Å². The second kappa shape index (κ2) is 26.1. The highest BCUT2D eigenvalue weighted by Gasteiger charge is 2.24. The molecule has 0 fully saturated rings. The number of hydrogen-bond donors (Lipinski definition) is 2. The summed E-state index contributed by atoms with van der Waals surface area (Å²) in [6, 6.07) is 0. The van der Waals surface area contributed by atoms with Gasteiger partial charge < -0.3 is 20.1 Å². The summed E-state index contributed by atoms with van der Waals surface area (Å²) in [5.74, 6) is -0.430. The molecular weight excluding hydrogens is 493 g/mol. The topological polar surface area (TPSA) is 117 Å². The molecule has 0 bridgehead atoms. The van der Waals surface area contributed by atoms with Crippen LogP contribution in [0.4, 0.5) is 0 Å². The Hall–Kier alpha value is -1.54. The maximum absolute atomic E-state index is 11.8. The van der Waals surface area contributed by atoms with E-state index in [1.54, 1.807) is 6.92 Å². The average molecular weight is 544 g/mol. The lowest BCUT2D eigenvalue weighted by atomic mass is 10.1. The van der Waals surface area contributed by atoms with E-state index in [0.717, 1.165) is 51.4 Å². The molecule has 0 aromatic carbocycles. The van der Waals surface area contributed by atoms with Crippen LogP contribution < -0.4 is 5.73 Å². The number of phosphoric acid groups is 1. The summed E-state index contributed by atoms with van der Waals surface area (Å²) in [6.45, 7) is 4.13. The van der Waals surface area contributed by atoms with Crippen molar-refractivity contribution in [3.8, 4) is 0 Å². The Balaban J connectivity index is 3.81. The Morgan fingerprint density at radius 2 is 1.41 bits per heavy atom. The molecule has 8 nitrogen and oxygen atoms in total. The average Bonchev–Trinajstić information content (AvgIpc) is 2.89. The zero-order valence-corrected chi connectivity index (χ0v) is 23.8. The molecule has 214 valence electrons. The molecule has 9 heteroatoms.